The molecule has 0 saturated heterocycles. The van der Waals surface area contributed by atoms with Crippen LogP contribution in [0.15, 0.2) is 54.2 Å². The molecule has 0 bridgehead atoms. The molecule has 0 aliphatic carbocycles. The van der Waals surface area contributed by atoms with Crippen molar-refractivity contribution in [1.82, 2.24) is 4.98 Å². The monoisotopic (exact) mass is 285 g/mol. The molecule has 94 valence electrons. The SMILES string of the molecule is Cc1c(-c2ccncc2)cccc1-c1csc(Cl)c1. The predicted molar refractivity (Wildman–Crippen MR) is 82.7 cm³/mol. The Morgan fingerprint density at radius 1 is 1.00 bits per heavy atom. The van der Waals surface area contributed by atoms with Crippen molar-refractivity contribution in [2.45, 2.75) is 6.92 Å². The molecule has 3 heteroatoms. The molecular formula is C16H12ClNS. The van der Waals surface area contributed by atoms with E-state index in [0.29, 0.717) is 0 Å². The molecule has 2 aromatic heterocycles. The van der Waals surface area contributed by atoms with Crippen molar-refractivity contribution >= 4 is 22.9 Å². The van der Waals surface area contributed by atoms with Crippen LogP contribution in [-0.4, -0.2) is 4.98 Å². The average molecular weight is 286 g/mol. The summed E-state index contributed by atoms with van der Waals surface area (Å²) in [7, 11) is 0. The van der Waals surface area contributed by atoms with Gasteiger partial charge in [-0.3, -0.25) is 4.98 Å². The summed E-state index contributed by atoms with van der Waals surface area (Å²) < 4.78 is 0.823. The van der Waals surface area contributed by atoms with E-state index in [2.05, 4.69) is 35.5 Å². The number of halogens is 1. The van der Waals surface area contributed by atoms with Crippen molar-refractivity contribution in [1.29, 1.82) is 0 Å². The van der Waals surface area contributed by atoms with Gasteiger partial charge in [-0.25, -0.2) is 0 Å². The minimum atomic E-state index is 0.823. The van der Waals surface area contributed by atoms with Crippen molar-refractivity contribution in [2.24, 2.45) is 0 Å². The summed E-state index contributed by atoms with van der Waals surface area (Å²) in [4.78, 5) is 4.07. The van der Waals surface area contributed by atoms with Crippen molar-refractivity contribution in [3.8, 4) is 22.3 Å². The van der Waals surface area contributed by atoms with Crippen LogP contribution < -0.4 is 0 Å². The standard InChI is InChI=1S/C16H12ClNS/c1-11-14(12-5-7-18-8-6-12)3-2-4-15(11)13-9-16(17)19-10-13/h2-10H,1H3. The van der Waals surface area contributed by atoms with E-state index in [9.17, 15) is 0 Å². The number of benzene rings is 1. The van der Waals surface area contributed by atoms with Crippen LogP contribution in [0.25, 0.3) is 22.3 Å². The normalized spacial score (nSPS) is 10.6. The predicted octanol–water partition coefficient (Wildman–Crippen LogP) is 5.44. The van der Waals surface area contributed by atoms with E-state index in [0.717, 1.165) is 4.34 Å². The van der Waals surface area contributed by atoms with Gasteiger partial charge in [0.1, 0.15) is 0 Å². The van der Waals surface area contributed by atoms with Crippen molar-refractivity contribution in [3.05, 3.63) is 64.1 Å². The molecule has 1 nitrogen and oxygen atoms in total. The summed E-state index contributed by atoms with van der Waals surface area (Å²) in [5.41, 5.74) is 6.11. The molecule has 0 saturated carbocycles. The van der Waals surface area contributed by atoms with Crippen LogP contribution in [0.3, 0.4) is 0 Å². The Hall–Kier alpha value is -1.64. The third kappa shape index (κ3) is 2.42. The van der Waals surface area contributed by atoms with Crippen molar-refractivity contribution < 1.29 is 0 Å². The highest BCUT2D eigenvalue weighted by molar-refractivity contribution is 7.14. The number of hydrogen-bond acceptors (Lipinski definition) is 2. The zero-order chi connectivity index (χ0) is 13.2. The van der Waals surface area contributed by atoms with E-state index >= 15 is 0 Å². The molecule has 0 atom stereocenters. The lowest BCUT2D eigenvalue weighted by molar-refractivity contribution is 1.32. The molecule has 2 heterocycles. The number of aromatic nitrogens is 1. The van der Waals surface area contributed by atoms with E-state index in [1.807, 2.05) is 30.6 Å². The zero-order valence-electron chi connectivity index (χ0n) is 10.4. The van der Waals surface area contributed by atoms with E-state index < -0.39 is 0 Å². The van der Waals surface area contributed by atoms with Crippen LogP contribution in [0.5, 0.6) is 0 Å². The Balaban J connectivity index is 2.14. The van der Waals surface area contributed by atoms with Gasteiger partial charge in [-0.1, -0.05) is 29.8 Å². The molecule has 19 heavy (non-hydrogen) atoms. The molecule has 0 spiro atoms. The molecule has 3 aromatic rings. The number of hydrogen-bond donors (Lipinski definition) is 0. The van der Waals surface area contributed by atoms with Crippen molar-refractivity contribution in [3.63, 3.8) is 0 Å². The highest BCUT2D eigenvalue weighted by atomic mass is 35.5. The van der Waals surface area contributed by atoms with Gasteiger partial charge < -0.3 is 0 Å². The summed E-state index contributed by atoms with van der Waals surface area (Å²) in [6.07, 6.45) is 3.64. The maximum Gasteiger partial charge on any atom is 0.0934 e. The van der Waals surface area contributed by atoms with E-state index in [4.69, 9.17) is 11.6 Å². The van der Waals surface area contributed by atoms with Crippen LogP contribution >= 0.6 is 22.9 Å². The number of thiophene rings is 1. The third-order valence-electron chi connectivity index (χ3n) is 3.20. The van der Waals surface area contributed by atoms with Gasteiger partial charge in [-0.2, -0.15) is 0 Å². The number of pyridine rings is 1. The summed E-state index contributed by atoms with van der Waals surface area (Å²) in [6, 6.07) is 12.5. The maximum atomic E-state index is 6.03. The zero-order valence-corrected chi connectivity index (χ0v) is 12.0. The first-order valence-electron chi connectivity index (χ1n) is 6.00. The van der Waals surface area contributed by atoms with Crippen LogP contribution in [0.1, 0.15) is 5.56 Å². The van der Waals surface area contributed by atoms with Crippen LogP contribution in [0.4, 0.5) is 0 Å². The molecule has 0 aliphatic rings. The van der Waals surface area contributed by atoms with Gasteiger partial charge in [0.2, 0.25) is 0 Å². The molecule has 0 amide bonds. The molecule has 0 radical (unpaired) electrons. The lowest BCUT2D eigenvalue weighted by Crippen LogP contribution is -1.87. The molecule has 3 rings (SSSR count). The minimum Gasteiger partial charge on any atom is -0.265 e. The van der Waals surface area contributed by atoms with E-state index in [1.165, 1.54) is 27.8 Å². The lowest BCUT2D eigenvalue weighted by Gasteiger charge is -2.10. The Kier molecular flexibility index (Phi) is 3.36. The van der Waals surface area contributed by atoms with Gasteiger partial charge in [-0.15, -0.1) is 11.3 Å². The Morgan fingerprint density at radius 3 is 2.32 bits per heavy atom. The first kappa shape index (κ1) is 12.4. The average Bonchev–Trinajstić information content (AvgIpc) is 2.86. The summed E-state index contributed by atoms with van der Waals surface area (Å²) in [5, 5.41) is 2.10. The smallest absolute Gasteiger partial charge is 0.0934 e. The Bertz CT molecular complexity index is 704. The van der Waals surface area contributed by atoms with Gasteiger partial charge >= 0.3 is 0 Å². The molecular weight excluding hydrogens is 274 g/mol. The second-order valence-corrected chi connectivity index (χ2v) is 5.90. The fraction of sp³-hybridized carbons (Fsp3) is 0.0625. The second-order valence-electron chi connectivity index (χ2n) is 4.35. The van der Waals surface area contributed by atoms with Crippen LogP contribution in [0, 0.1) is 6.92 Å². The minimum absolute atomic E-state index is 0.823. The molecule has 1 aromatic carbocycles. The summed E-state index contributed by atoms with van der Waals surface area (Å²) in [5.74, 6) is 0. The molecule has 0 N–H and O–H groups in total. The largest absolute Gasteiger partial charge is 0.265 e. The van der Waals surface area contributed by atoms with Gasteiger partial charge in [0.05, 0.1) is 4.34 Å². The number of rotatable bonds is 2. The van der Waals surface area contributed by atoms with E-state index in [-0.39, 0.29) is 0 Å². The molecule has 0 fully saturated rings. The Morgan fingerprint density at radius 2 is 1.68 bits per heavy atom. The number of nitrogens with zero attached hydrogens (tertiary/aromatic N) is 1. The first-order chi connectivity index (χ1) is 9.25. The summed E-state index contributed by atoms with van der Waals surface area (Å²) >= 11 is 7.59. The van der Waals surface area contributed by atoms with E-state index in [1.54, 1.807) is 11.3 Å². The van der Waals surface area contributed by atoms with Gasteiger partial charge in [0, 0.05) is 17.8 Å². The highest BCUT2D eigenvalue weighted by Crippen LogP contribution is 2.34. The fourth-order valence-electron chi connectivity index (χ4n) is 2.24. The van der Waals surface area contributed by atoms with Crippen LogP contribution in [0.2, 0.25) is 4.34 Å². The Labute approximate surface area is 121 Å². The van der Waals surface area contributed by atoms with Crippen LogP contribution in [-0.2, 0) is 0 Å². The third-order valence-corrected chi connectivity index (χ3v) is 4.29. The maximum absolute atomic E-state index is 6.03. The highest BCUT2D eigenvalue weighted by Gasteiger charge is 2.09. The van der Waals surface area contributed by atoms with Crippen molar-refractivity contribution in [2.75, 3.05) is 0 Å². The molecule has 0 aliphatic heterocycles. The van der Waals surface area contributed by atoms with Gasteiger partial charge in [-0.05, 0) is 52.9 Å². The topological polar surface area (TPSA) is 12.9 Å². The summed E-state index contributed by atoms with van der Waals surface area (Å²) in [6.45, 7) is 2.15. The molecule has 0 unspecified atom stereocenters. The fourth-order valence-corrected chi connectivity index (χ4v) is 3.12. The van der Waals surface area contributed by atoms with Gasteiger partial charge in [0.15, 0.2) is 0 Å². The van der Waals surface area contributed by atoms with Gasteiger partial charge in [0.25, 0.3) is 0 Å². The lowest BCUT2D eigenvalue weighted by atomic mass is 9.94. The first-order valence-corrected chi connectivity index (χ1v) is 7.26. The quantitative estimate of drug-likeness (QED) is 0.611. The second kappa shape index (κ2) is 5.16.